The van der Waals surface area contributed by atoms with Crippen molar-refractivity contribution < 1.29 is 9.72 Å². The van der Waals surface area contributed by atoms with Gasteiger partial charge in [-0.05, 0) is 23.3 Å². The van der Waals surface area contributed by atoms with Crippen LogP contribution in [-0.4, -0.2) is 17.0 Å². The lowest BCUT2D eigenvalue weighted by Crippen LogP contribution is -2.19. The first kappa shape index (κ1) is 15.8. The minimum absolute atomic E-state index is 0.00239. The minimum atomic E-state index is -0.480. The van der Waals surface area contributed by atoms with Gasteiger partial charge in [0.2, 0.25) is 5.91 Å². The third-order valence-electron chi connectivity index (χ3n) is 2.78. The Hall–Kier alpha value is -2.54. The standard InChI is InChI=1S/C15H12BrN3O3/c16-13-5-1-12(2-6-13)10-17-18-15(20)9-11-3-7-14(8-4-11)19(21)22/h1-8,10H,9H2,(H,18,20). The second kappa shape index (κ2) is 7.46. The summed E-state index contributed by atoms with van der Waals surface area (Å²) in [7, 11) is 0. The van der Waals surface area contributed by atoms with E-state index < -0.39 is 4.92 Å². The van der Waals surface area contributed by atoms with Gasteiger partial charge >= 0.3 is 0 Å². The molecule has 0 radical (unpaired) electrons. The Balaban J connectivity index is 1.87. The normalized spacial score (nSPS) is 10.6. The van der Waals surface area contributed by atoms with Crippen molar-refractivity contribution in [2.24, 2.45) is 5.10 Å². The van der Waals surface area contributed by atoms with E-state index in [0.717, 1.165) is 10.0 Å². The lowest BCUT2D eigenvalue weighted by molar-refractivity contribution is -0.384. The molecule has 0 aliphatic rings. The van der Waals surface area contributed by atoms with Crippen molar-refractivity contribution in [2.45, 2.75) is 6.42 Å². The van der Waals surface area contributed by atoms with E-state index in [1.165, 1.54) is 12.1 Å². The van der Waals surface area contributed by atoms with E-state index >= 15 is 0 Å². The molecule has 0 aliphatic carbocycles. The van der Waals surface area contributed by atoms with Crippen LogP contribution in [-0.2, 0) is 11.2 Å². The van der Waals surface area contributed by atoms with Crippen molar-refractivity contribution in [3.63, 3.8) is 0 Å². The van der Waals surface area contributed by atoms with Crippen LogP contribution in [0.5, 0.6) is 0 Å². The van der Waals surface area contributed by atoms with E-state index in [9.17, 15) is 14.9 Å². The van der Waals surface area contributed by atoms with Gasteiger partial charge in [0.15, 0.2) is 0 Å². The Morgan fingerprint density at radius 1 is 1.18 bits per heavy atom. The highest BCUT2D eigenvalue weighted by molar-refractivity contribution is 9.10. The lowest BCUT2D eigenvalue weighted by Gasteiger charge is -2.00. The van der Waals surface area contributed by atoms with Gasteiger partial charge in [0, 0.05) is 16.6 Å². The summed E-state index contributed by atoms with van der Waals surface area (Å²) < 4.78 is 0.965. The van der Waals surface area contributed by atoms with Crippen LogP contribution in [0.15, 0.2) is 58.1 Å². The summed E-state index contributed by atoms with van der Waals surface area (Å²) in [5.41, 5.74) is 3.96. The first-order valence-corrected chi connectivity index (χ1v) is 7.15. The molecule has 0 aromatic heterocycles. The van der Waals surface area contributed by atoms with Gasteiger partial charge in [0.25, 0.3) is 5.69 Å². The Morgan fingerprint density at radius 3 is 2.41 bits per heavy atom. The van der Waals surface area contributed by atoms with Crippen LogP contribution in [0.4, 0.5) is 5.69 Å². The van der Waals surface area contributed by atoms with Crippen LogP contribution in [0.25, 0.3) is 0 Å². The number of nitrogens with zero attached hydrogens (tertiary/aromatic N) is 2. The predicted octanol–water partition coefficient (Wildman–Crippen LogP) is 3.05. The number of hydrogen-bond acceptors (Lipinski definition) is 4. The third kappa shape index (κ3) is 4.78. The Kier molecular flexibility index (Phi) is 5.37. The Labute approximate surface area is 135 Å². The Morgan fingerprint density at radius 2 is 1.82 bits per heavy atom. The molecule has 1 amide bonds. The fourth-order valence-corrected chi connectivity index (χ4v) is 1.95. The number of amides is 1. The number of nitrogens with one attached hydrogen (secondary N) is 1. The summed E-state index contributed by atoms with van der Waals surface area (Å²) in [5, 5.41) is 14.4. The molecule has 6 nitrogen and oxygen atoms in total. The van der Waals surface area contributed by atoms with Crippen molar-refractivity contribution in [3.05, 3.63) is 74.2 Å². The van der Waals surface area contributed by atoms with E-state index in [-0.39, 0.29) is 18.0 Å². The van der Waals surface area contributed by atoms with Crippen LogP contribution in [0, 0.1) is 10.1 Å². The molecule has 0 heterocycles. The molecule has 1 N–H and O–H groups in total. The van der Waals surface area contributed by atoms with Gasteiger partial charge in [-0.3, -0.25) is 14.9 Å². The largest absolute Gasteiger partial charge is 0.273 e. The van der Waals surface area contributed by atoms with E-state index in [1.54, 1.807) is 18.3 Å². The summed E-state index contributed by atoms with van der Waals surface area (Å²) in [5.74, 6) is -0.290. The number of hydrazone groups is 1. The SMILES string of the molecule is O=C(Cc1ccc([N+](=O)[O-])cc1)NN=Cc1ccc(Br)cc1. The number of nitro benzene ring substituents is 1. The fraction of sp³-hybridized carbons (Fsp3) is 0.0667. The summed E-state index contributed by atoms with van der Waals surface area (Å²) in [4.78, 5) is 21.8. The summed E-state index contributed by atoms with van der Waals surface area (Å²) >= 11 is 3.33. The van der Waals surface area contributed by atoms with E-state index in [1.807, 2.05) is 24.3 Å². The van der Waals surface area contributed by atoms with Gasteiger partial charge in [-0.2, -0.15) is 5.10 Å². The maximum absolute atomic E-state index is 11.7. The molecule has 112 valence electrons. The van der Waals surface area contributed by atoms with Crippen molar-refractivity contribution in [1.82, 2.24) is 5.43 Å². The smallest absolute Gasteiger partial charge is 0.269 e. The third-order valence-corrected chi connectivity index (χ3v) is 3.31. The molecular weight excluding hydrogens is 350 g/mol. The van der Waals surface area contributed by atoms with Crippen molar-refractivity contribution >= 4 is 33.7 Å². The van der Waals surface area contributed by atoms with Gasteiger partial charge < -0.3 is 0 Å². The van der Waals surface area contributed by atoms with Crippen molar-refractivity contribution in [2.75, 3.05) is 0 Å². The summed E-state index contributed by atoms with van der Waals surface area (Å²) in [6, 6.07) is 13.3. The molecule has 0 aliphatic heterocycles. The average molecular weight is 362 g/mol. The second-order valence-corrected chi connectivity index (χ2v) is 5.36. The molecule has 0 saturated carbocycles. The average Bonchev–Trinajstić information content (AvgIpc) is 2.50. The van der Waals surface area contributed by atoms with Gasteiger partial charge in [-0.15, -0.1) is 0 Å². The number of hydrogen-bond donors (Lipinski definition) is 1. The quantitative estimate of drug-likeness (QED) is 0.504. The molecule has 0 unspecified atom stereocenters. The topological polar surface area (TPSA) is 84.6 Å². The number of carbonyl (C=O) groups excluding carboxylic acids is 1. The molecule has 2 aromatic rings. The van der Waals surface area contributed by atoms with Crippen LogP contribution in [0.1, 0.15) is 11.1 Å². The van der Waals surface area contributed by atoms with Gasteiger partial charge in [0.05, 0.1) is 17.6 Å². The predicted molar refractivity (Wildman–Crippen MR) is 86.7 cm³/mol. The molecule has 0 bridgehead atoms. The molecule has 0 saturated heterocycles. The molecule has 7 heteroatoms. The highest BCUT2D eigenvalue weighted by Gasteiger charge is 2.06. The number of nitro groups is 1. The molecule has 2 aromatic carbocycles. The number of halogens is 1. The van der Waals surface area contributed by atoms with Crippen molar-refractivity contribution in [3.8, 4) is 0 Å². The van der Waals surface area contributed by atoms with Crippen LogP contribution < -0.4 is 5.43 Å². The molecule has 2 rings (SSSR count). The van der Waals surface area contributed by atoms with Gasteiger partial charge in [-0.25, -0.2) is 5.43 Å². The minimum Gasteiger partial charge on any atom is -0.273 e. The van der Waals surface area contributed by atoms with Gasteiger partial charge in [-0.1, -0.05) is 40.2 Å². The maximum atomic E-state index is 11.7. The molecule has 0 spiro atoms. The van der Waals surface area contributed by atoms with Crippen LogP contribution in [0.3, 0.4) is 0 Å². The van der Waals surface area contributed by atoms with Crippen molar-refractivity contribution in [1.29, 1.82) is 0 Å². The first-order valence-electron chi connectivity index (χ1n) is 6.35. The van der Waals surface area contributed by atoms with E-state index in [2.05, 4.69) is 26.5 Å². The summed E-state index contributed by atoms with van der Waals surface area (Å²) in [6.07, 6.45) is 1.65. The zero-order valence-electron chi connectivity index (χ0n) is 11.4. The van der Waals surface area contributed by atoms with E-state index in [4.69, 9.17) is 0 Å². The molecular formula is C15H12BrN3O3. The van der Waals surface area contributed by atoms with Crippen LogP contribution in [0.2, 0.25) is 0 Å². The highest BCUT2D eigenvalue weighted by atomic mass is 79.9. The number of benzene rings is 2. The Bertz CT molecular complexity index is 697. The number of carbonyl (C=O) groups is 1. The number of non-ortho nitro benzene ring substituents is 1. The second-order valence-electron chi connectivity index (χ2n) is 4.45. The fourth-order valence-electron chi connectivity index (χ4n) is 1.69. The molecule has 0 atom stereocenters. The van der Waals surface area contributed by atoms with Gasteiger partial charge in [0.1, 0.15) is 0 Å². The highest BCUT2D eigenvalue weighted by Crippen LogP contribution is 2.12. The molecule has 22 heavy (non-hydrogen) atoms. The zero-order valence-corrected chi connectivity index (χ0v) is 13.0. The molecule has 0 fully saturated rings. The number of rotatable bonds is 5. The first-order chi connectivity index (χ1) is 10.5. The van der Waals surface area contributed by atoms with E-state index in [0.29, 0.717) is 5.56 Å². The van der Waals surface area contributed by atoms with Crippen LogP contribution >= 0.6 is 15.9 Å². The monoisotopic (exact) mass is 361 g/mol. The lowest BCUT2D eigenvalue weighted by atomic mass is 10.1. The summed E-state index contributed by atoms with van der Waals surface area (Å²) in [6.45, 7) is 0. The maximum Gasteiger partial charge on any atom is 0.269 e. The zero-order chi connectivity index (χ0) is 15.9.